The van der Waals surface area contributed by atoms with E-state index in [-0.39, 0.29) is 40.8 Å². The monoisotopic (exact) mass is 271 g/mol. The van der Waals surface area contributed by atoms with E-state index in [1.54, 1.807) is 0 Å². The van der Waals surface area contributed by atoms with Gasteiger partial charge in [-0.3, -0.25) is 15.9 Å². The van der Waals surface area contributed by atoms with Crippen molar-refractivity contribution in [2.24, 2.45) is 0 Å². The first-order chi connectivity index (χ1) is 7.27. The van der Waals surface area contributed by atoms with Gasteiger partial charge in [0.25, 0.3) is 0 Å². The molecule has 1 radical (unpaired) electrons. The zero-order valence-electron chi connectivity index (χ0n) is 11.5. The van der Waals surface area contributed by atoms with Crippen LogP contribution in [0.25, 0.3) is 0 Å². The van der Waals surface area contributed by atoms with Crippen molar-refractivity contribution in [1.82, 2.24) is 0 Å². The van der Waals surface area contributed by atoms with E-state index in [4.69, 9.17) is 9.50 Å². The number of ether oxygens (including phenoxy) is 1. The summed E-state index contributed by atoms with van der Waals surface area (Å²) in [4.78, 5) is 37.7. The summed E-state index contributed by atoms with van der Waals surface area (Å²) < 4.78 is 11.7. The van der Waals surface area contributed by atoms with Gasteiger partial charge >= 0.3 is 53.9 Å². The first-order valence-electron chi connectivity index (χ1n) is 3.96. The number of hydrogen-bond acceptors (Lipinski definition) is 6. The summed E-state index contributed by atoms with van der Waals surface area (Å²) in [7, 11) is 3.25. The Morgan fingerprint density at radius 1 is 0.944 bits per heavy atom. The minimum absolute atomic E-state index is 0. The van der Waals surface area contributed by atoms with Crippen LogP contribution in [0.4, 0.5) is 0 Å². The first-order valence-corrected chi connectivity index (χ1v) is 3.96. The Morgan fingerprint density at radius 3 is 1.06 bits per heavy atom. The summed E-state index contributed by atoms with van der Waals surface area (Å²) in [6.45, 7) is 6.74. The maximum absolute atomic E-state index is 9.81. The van der Waals surface area contributed by atoms with E-state index in [1.165, 1.54) is 40.9 Å². The van der Waals surface area contributed by atoms with Gasteiger partial charge in [0.15, 0.2) is 0 Å². The summed E-state index contributed by atoms with van der Waals surface area (Å²) in [5.74, 6) is -0.958. The molecule has 0 saturated carbocycles. The van der Waals surface area contributed by atoms with Gasteiger partial charge in [0.2, 0.25) is 0 Å². The van der Waals surface area contributed by atoms with Gasteiger partial charge in [-0.05, 0) is 13.8 Å². The molecule has 0 rings (SSSR count). The zero-order valence-corrected chi connectivity index (χ0v) is 13.5. The van der Waals surface area contributed by atoms with E-state index in [2.05, 4.69) is 12.5 Å². The van der Waals surface area contributed by atoms with E-state index in [0.717, 1.165) is 0 Å². The molecule has 0 atom stereocenters. The Labute approximate surface area is 130 Å². The van der Waals surface area contributed by atoms with Crippen molar-refractivity contribution < 1.29 is 63.7 Å². The SMILES string of the molecule is CC(=O)OC(C)=O.CC(C)=O.C[C-]=O.O.[B]=O.[Na+]. The molecule has 0 aromatic rings. The van der Waals surface area contributed by atoms with Crippen LogP contribution in [0, 0.1) is 0 Å². The predicted octanol–water partition coefficient (Wildman–Crippen LogP) is -3.51. The summed E-state index contributed by atoms with van der Waals surface area (Å²) in [5.41, 5.74) is 0. The van der Waals surface area contributed by atoms with Crippen molar-refractivity contribution in [2.45, 2.75) is 34.6 Å². The molecule has 7 nitrogen and oxygen atoms in total. The molecule has 0 aromatic heterocycles. The fraction of sp³-hybridized carbons (Fsp3) is 0.556. The number of carbonyl (C=O) groups is 3. The topological polar surface area (TPSA) is 126 Å². The molecule has 0 fully saturated rings. The Morgan fingerprint density at radius 2 is 1.06 bits per heavy atom. The van der Waals surface area contributed by atoms with Gasteiger partial charge in [-0.25, -0.2) is 0 Å². The molecule has 18 heavy (non-hydrogen) atoms. The third-order valence-electron chi connectivity index (χ3n) is 0.287. The molecular formula is C9H17BNaO7. The van der Waals surface area contributed by atoms with Gasteiger partial charge in [-0.15, -0.1) is 0 Å². The van der Waals surface area contributed by atoms with Gasteiger partial charge in [-0.1, -0.05) is 0 Å². The predicted molar refractivity (Wildman–Crippen MR) is 60.2 cm³/mol. The van der Waals surface area contributed by atoms with Crippen molar-refractivity contribution in [2.75, 3.05) is 0 Å². The Balaban J connectivity index is -0.0000000287. The molecule has 0 spiro atoms. The number of rotatable bonds is 0. The van der Waals surface area contributed by atoms with Crippen LogP contribution in [0.15, 0.2) is 0 Å². The summed E-state index contributed by atoms with van der Waals surface area (Å²) >= 11 is 0. The smallest absolute Gasteiger partial charge is 1.00 e. The minimum atomic E-state index is -0.562. The van der Waals surface area contributed by atoms with E-state index in [1.807, 2.05) is 0 Å². The number of carbonyl (C=O) groups excluding carboxylic acids is 4. The van der Waals surface area contributed by atoms with Crippen molar-refractivity contribution in [1.29, 1.82) is 0 Å². The molecule has 0 amide bonds. The standard InChI is InChI=1S/C4H6O3.C3H6O.C2H3O.BO.Na.H2O/c1-3(5)7-4(2)6;1-3(2)4;1-2-3;1-2;;/h1-2H3;1-2H3;1H3;;;1H2/q;;-1;;+1;. The van der Waals surface area contributed by atoms with E-state index in [9.17, 15) is 14.4 Å². The van der Waals surface area contributed by atoms with Gasteiger partial charge in [-0.2, -0.15) is 6.92 Å². The van der Waals surface area contributed by atoms with Gasteiger partial charge < -0.3 is 19.8 Å². The quantitative estimate of drug-likeness (QED) is 0.194. The number of ketones is 1. The Kier molecular flexibility index (Phi) is 71.9. The summed E-state index contributed by atoms with van der Waals surface area (Å²) in [5, 5.41) is 0. The molecule has 9 heteroatoms. The van der Waals surface area contributed by atoms with Crippen LogP contribution >= 0.6 is 0 Å². The molecular weight excluding hydrogens is 254 g/mol. The maximum atomic E-state index is 9.81. The van der Waals surface area contributed by atoms with Crippen molar-refractivity contribution in [3.8, 4) is 0 Å². The third kappa shape index (κ3) is 287. The zero-order chi connectivity index (χ0) is 14.1. The van der Waals surface area contributed by atoms with Gasteiger partial charge in [0.05, 0.1) is 0 Å². The molecule has 0 unspecified atom stereocenters. The number of hydrogen-bond donors (Lipinski definition) is 0. The van der Waals surface area contributed by atoms with Crippen molar-refractivity contribution in [3.63, 3.8) is 0 Å². The average Bonchev–Trinajstić information content (AvgIpc) is 2.05. The van der Waals surface area contributed by atoms with Crippen molar-refractivity contribution in [3.05, 3.63) is 0 Å². The normalized spacial score (nSPS) is 5.33. The van der Waals surface area contributed by atoms with Crippen LogP contribution in [-0.2, 0) is 28.6 Å². The molecule has 99 valence electrons. The van der Waals surface area contributed by atoms with Gasteiger partial charge in [0, 0.05) is 13.8 Å². The fourth-order valence-electron chi connectivity index (χ4n) is 0.202. The molecule has 0 bridgehead atoms. The summed E-state index contributed by atoms with van der Waals surface area (Å²) in [6.07, 6.45) is 1.50. The third-order valence-corrected chi connectivity index (χ3v) is 0.287. The van der Waals surface area contributed by atoms with Gasteiger partial charge in [0.1, 0.15) is 5.78 Å². The van der Waals surface area contributed by atoms with Crippen molar-refractivity contribution >= 4 is 31.7 Å². The second-order valence-electron chi connectivity index (χ2n) is 2.20. The Bertz CT molecular complexity index is 205. The van der Waals surface area contributed by atoms with Crippen LogP contribution in [-0.4, -0.2) is 37.2 Å². The first kappa shape index (κ1) is 36.0. The van der Waals surface area contributed by atoms with E-state index >= 15 is 0 Å². The average molecular weight is 271 g/mol. The maximum Gasteiger partial charge on any atom is 1.00 e. The molecule has 0 heterocycles. The molecule has 0 aliphatic rings. The summed E-state index contributed by atoms with van der Waals surface area (Å²) in [6, 6.07) is 0. The van der Waals surface area contributed by atoms with Crippen LogP contribution < -0.4 is 29.6 Å². The number of Topliss-reactive ketones (excluding diaryl/α,β-unsaturated/α-hetero) is 1. The Hall–Kier alpha value is -0.695. The van der Waals surface area contributed by atoms with Crippen LogP contribution in [0.5, 0.6) is 0 Å². The number of esters is 2. The fourth-order valence-corrected chi connectivity index (χ4v) is 0.202. The van der Waals surface area contributed by atoms with E-state index < -0.39 is 11.9 Å². The molecule has 0 aliphatic carbocycles. The largest absolute Gasteiger partial charge is 1.00 e. The van der Waals surface area contributed by atoms with E-state index in [0.29, 0.717) is 0 Å². The van der Waals surface area contributed by atoms with Crippen LogP contribution in [0.3, 0.4) is 0 Å². The van der Waals surface area contributed by atoms with Crippen LogP contribution in [0.1, 0.15) is 34.6 Å². The second-order valence-corrected chi connectivity index (χ2v) is 2.20. The molecule has 2 N–H and O–H groups in total. The molecule has 0 aromatic carbocycles. The minimum Gasteiger partial charge on any atom is 1.00 e. The second kappa shape index (κ2) is 36.0. The van der Waals surface area contributed by atoms with Crippen LogP contribution in [0.2, 0.25) is 0 Å². The molecule has 0 aliphatic heterocycles. The molecule has 0 saturated heterocycles.